The smallest absolute Gasteiger partial charge is 0.252 e. The largest absolute Gasteiger partial charge is 0.505 e. The molecule has 1 aliphatic carbocycles. The maximum atomic E-state index is 12.6. The number of aromatic hydroxyl groups is 1. The van der Waals surface area contributed by atoms with Crippen molar-refractivity contribution in [3.8, 4) is 5.75 Å². The molecule has 1 amide bonds. The molecular weight excluding hydrogens is 330 g/mol. The van der Waals surface area contributed by atoms with Gasteiger partial charge < -0.3 is 21.5 Å². The third-order valence-electron chi connectivity index (χ3n) is 5.64. The van der Waals surface area contributed by atoms with E-state index in [-0.39, 0.29) is 11.7 Å². The number of anilines is 3. The summed E-state index contributed by atoms with van der Waals surface area (Å²) in [7, 11) is 0. The molecule has 0 bridgehead atoms. The Balaban J connectivity index is 1.84. The summed E-state index contributed by atoms with van der Waals surface area (Å²) in [5.41, 5.74) is 8.80. The molecule has 4 rings (SSSR count). The lowest BCUT2D eigenvalue weighted by Crippen LogP contribution is -2.40. The van der Waals surface area contributed by atoms with Gasteiger partial charge in [-0.3, -0.25) is 4.79 Å². The minimum atomic E-state index is -0.461. The van der Waals surface area contributed by atoms with Crippen LogP contribution in [0.3, 0.4) is 0 Å². The number of carbonyl (C=O) groups excluding carboxylic acids is 1. The van der Waals surface area contributed by atoms with Gasteiger partial charge in [0.15, 0.2) is 0 Å². The van der Waals surface area contributed by atoms with Gasteiger partial charge in [-0.25, -0.2) is 9.97 Å². The van der Waals surface area contributed by atoms with Crippen LogP contribution in [0.25, 0.3) is 0 Å². The van der Waals surface area contributed by atoms with Crippen LogP contribution >= 0.6 is 0 Å². The Morgan fingerprint density at radius 1 is 1.23 bits per heavy atom. The summed E-state index contributed by atoms with van der Waals surface area (Å²) in [6.07, 6.45) is 6.32. The highest BCUT2D eigenvalue weighted by Crippen LogP contribution is 2.50. The van der Waals surface area contributed by atoms with Crippen LogP contribution in [-0.2, 0) is 5.54 Å². The third-order valence-corrected chi connectivity index (χ3v) is 5.64. The van der Waals surface area contributed by atoms with Crippen LogP contribution in [0.4, 0.5) is 17.3 Å². The van der Waals surface area contributed by atoms with Crippen LogP contribution in [0.1, 0.15) is 59.2 Å². The minimum absolute atomic E-state index is 0.0938. The number of nitrogens with zero attached hydrogens (tertiary/aromatic N) is 2. The van der Waals surface area contributed by atoms with Crippen LogP contribution in [-0.4, -0.2) is 21.0 Å². The van der Waals surface area contributed by atoms with E-state index in [1.54, 1.807) is 6.07 Å². The predicted molar refractivity (Wildman–Crippen MR) is 99.5 cm³/mol. The molecule has 136 valence electrons. The Hall–Kier alpha value is -2.83. The second kappa shape index (κ2) is 5.86. The molecule has 1 aromatic heterocycles. The molecule has 7 nitrogen and oxygen atoms in total. The zero-order valence-corrected chi connectivity index (χ0v) is 15.0. The quantitative estimate of drug-likeness (QED) is 0.617. The van der Waals surface area contributed by atoms with E-state index >= 15 is 0 Å². The number of hydrogen-bond donors (Lipinski definition) is 4. The standard InChI is InChI=1S/C19H23N5O2/c1-10-8-12(23-17-11(2)16(20)21-9-22-17)15(25)14-13(10)18(26)24-19(14)6-4-3-5-7-19/h8-9,25H,3-7H2,1-2H3,(H,24,26)(H3,20,21,22,23). The van der Waals surface area contributed by atoms with Gasteiger partial charge in [-0.1, -0.05) is 19.3 Å². The van der Waals surface area contributed by atoms with Crippen molar-refractivity contribution in [3.05, 3.63) is 34.6 Å². The highest BCUT2D eigenvalue weighted by atomic mass is 16.3. The fraction of sp³-hybridized carbons (Fsp3) is 0.421. The number of aryl methyl sites for hydroxylation is 1. The van der Waals surface area contributed by atoms with Gasteiger partial charge in [-0.15, -0.1) is 0 Å². The normalized spacial score (nSPS) is 17.8. The molecule has 26 heavy (non-hydrogen) atoms. The Morgan fingerprint density at radius 2 is 1.96 bits per heavy atom. The molecule has 2 aliphatic rings. The van der Waals surface area contributed by atoms with Crippen LogP contribution in [0, 0.1) is 13.8 Å². The van der Waals surface area contributed by atoms with E-state index < -0.39 is 5.54 Å². The average molecular weight is 353 g/mol. The first-order valence-corrected chi connectivity index (χ1v) is 8.96. The van der Waals surface area contributed by atoms with Gasteiger partial charge in [-0.05, 0) is 38.3 Å². The molecule has 2 heterocycles. The highest BCUT2D eigenvalue weighted by molar-refractivity contribution is 6.03. The first kappa shape index (κ1) is 16.6. The predicted octanol–water partition coefficient (Wildman–Crippen LogP) is 3.03. The molecule has 0 radical (unpaired) electrons. The van der Waals surface area contributed by atoms with Gasteiger partial charge in [0.25, 0.3) is 5.91 Å². The number of nitrogens with two attached hydrogens (primary N) is 1. The van der Waals surface area contributed by atoms with Crippen molar-refractivity contribution in [1.29, 1.82) is 0 Å². The van der Waals surface area contributed by atoms with Crippen molar-refractivity contribution in [2.24, 2.45) is 0 Å². The van der Waals surface area contributed by atoms with E-state index in [1.165, 1.54) is 6.33 Å². The van der Waals surface area contributed by atoms with Crippen molar-refractivity contribution in [3.63, 3.8) is 0 Å². The number of hydrogen-bond acceptors (Lipinski definition) is 6. The molecule has 5 N–H and O–H groups in total. The Labute approximate surface area is 152 Å². The summed E-state index contributed by atoms with van der Waals surface area (Å²) >= 11 is 0. The number of benzene rings is 1. The monoisotopic (exact) mass is 353 g/mol. The molecule has 1 aromatic carbocycles. The molecule has 0 unspecified atom stereocenters. The second-order valence-electron chi connectivity index (χ2n) is 7.29. The number of carbonyl (C=O) groups is 1. The van der Waals surface area contributed by atoms with Crippen LogP contribution in [0.2, 0.25) is 0 Å². The van der Waals surface area contributed by atoms with Gasteiger partial charge in [0.05, 0.1) is 16.8 Å². The lowest BCUT2D eigenvalue weighted by Gasteiger charge is -2.35. The molecular formula is C19H23N5O2. The van der Waals surface area contributed by atoms with E-state index in [0.29, 0.717) is 28.5 Å². The number of fused-ring (bicyclic) bond motifs is 2. The average Bonchev–Trinajstić information content (AvgIpc) is 2.89. The maximum absolute atomic E-state index is 12.6. The Kier molecular flexibility index (Phi) is 3.75. The van der Waals surface area contributed by atoms with Gasteiger partial charge in [0, 0.05) is 11.1 Å². The van der Waals surface area contributed by atoms with Gasteiger partial charge in [-0.2, -0.15) is 0 Å². The van der Waals surface area contributed by atoms with E-state index in [4.69, 9.17) is 5.73 Å². The lowest BCUT2D eigenvalue weighted by molar-refractivity contribution is 0.0908. The van der Waals surface area contributed by atoms with E-state index in [1.807, 2.05) is 13.8 Å². The summed E-state index contributed by atoms with van der Waals surface area (Å²) in [5.74, 6) is 0.953. The van der Waals surface area contributed by atoms with Crippen molar-refractivity contribution >= 4 is 23.2 Å². The second-order valence-corrected chi connectivity index (χ2v) is 7.29. The number of aromatic nitrogens is 2. The number of phenols is 1. The van der Waals surface area contributed by atoms with E-state index in [0.717, 1.165) is 43.2 Å². The molecule has 1 spiro atoms. The van der Waals surface area contributed by atoms with Crippen molar-refractivity contribution in [1.82, 2.24) is 15.3 Å². The zero-order valence-electron chi connectivity index (χ0n) is 15.0. The Bertz CT molecular complexity index is 903. The zero-order chi connectivity index (χ0) is 18.5. The molecule has 1 fully saturated rings. The fourth-order valence-corrected chi connectivity index (χ4v) is 4.25. The maximum Gasteiger partial charge on any atom is 0.252 e. The minimum Gasteiger partial charge on any atom is -0.505 e. The van der Waals surface area contributed by atoms with Gasteiger partial charge in [0.2, 0.25) is 0 Å². The van der Waals surface area contributed by atoms with Gasteiger partial charge in [0.1, 0.15) is 23.7 Å². The van der Waals surface area contributed by atoms with E-state index in [9.17, 15) is 9.90 Å². The number of amides is 1. The molecule has 1 saturated carbocycles. The van der Waals surface area contributed by atoms with E-state index in [2.05, 4.69) is 20.6 Å². The first-order valence-electron chi connectivity index (χ1n) is 8.96. The lowest BCUT2D eigenvalue weighted by atomic mass is 9.76. The summed E-state index contributed by atoms with van der Waals surface area (Å²) in [5, 5.41) is 17.4. The number of rotatable bonds is 2. The van der Waals surface area contributed by atoms with Crippen LogP contribution in [0.15, 0.2) is 12.4 Å². The molecule has 2 aromatic rings. The Morgan fingerprint density at radius 3 is 2.69 bits per heavy atom. The van der Waals surface area contributed by atoms with Crippen molar-refractivity contribution < 1.29 is 9.90 Å². The number of nitrogens with one attached hydrogen (secondary N) is 2. The topological polar surface area (TPSA) is 113 Å². The molecule has 0 saturated heterocycles. The number of nitrogen functional groups attached to an aromatic ring is 1. The first-order chi connectivity index (χ1) is 12.4. The summed E-state index contributed by atoms with van der Waals surface area (Å²) in [6, 6.07) is 1.79. The highest BCUT2D eigenvalue weighted by Gasteiger charge is 2.46. The van der Waals surface area contributed by atoms with Crippen molar-refractivity contribution in [2.75, 3.05) is 11.1 Å². The fourth-order valence-electron chi connectivity index (χ4n) is 4.25. The van der Waals surface area contributed by atoms with Crippen LogP contribution < -0.4 is 16.4 Å². The summed E-state index contributed by atoms with van der Waals surface area (Å²) in [6.45, 7) is 3.72. The third kappa shape index (κ3) is 2.38. The summed E-state index contributed by atoms with van der Waals surface area (Å²) in [4.78, 5) is 20.8. The summed E-state index contributed by atoms with van der Waals surface area (Å²) < 4.78 is 0. The molecule has 0 atom stereocenters. The molecule has 1 aliphatic heterocycles. The number of phenolic OH excluding ortho intramolecular Hbond substituents is 1. The molecule has 7 heteroatoms. The van der Waals surface area contributed by atoms with Crippen molar-refractivity contribution in [2.45, 2.75) is 51.5 Å². The SMILES string of the molecule is Cc1cc(Nc2ncnc(N)c2C)c(O)c2c1C(=O)NC21CCCCC1. The van der Waals surface area contributed by atoms with Crippen LogP contribution in [0.5, 0.6) is 5.75 Å². The van der Waals surface area contributed by atoms with Gasteiger partial charge >= 0.3 is 0 Å².